The Labute approximate surface area is 257 Å². The Hall–Kier alpha value is -6.22. The van der Waals surface area contributed by atoms with Crippen LogP contribution in [0, 0.1) is 13.8 Å². The normalized spacial score (nSPS) is 10.8. The van der Waals surface area contributed by atoms with Crippen LogP contribution in [0.1, 0.15) is 75.1 Å². The largest absolute Gasteiger partial charge is 0.457 e. The summed E-state index contributed by atoms with van der Waals surface area (Å²) < 4.78 is 15.9. The number of benzene rings is 4. The van der Waals surface area contributed by atoms with Crippen molar-refractivity contribution in [3.05, 3.63) is 165 Å². The first-order chi connectivity index (χ1) is 21.8. The highest BCUT2D eigenvalue weighted by Gasteiger charge is 2.25. The topological polar surface area (TPSA) is 130 Å². The zero-order valence-corrected chi connectivity index (χ0v) is 24.1. The number of hydrogen-bond donors (Lipinski definition) is 0. The third kappa shape index (κ3) is 6.00. The number of nitrogens with zero attached hydrogens (tertiary/aromatic N) is 2. The van der Waals surface area contributed by atoms with E-state index in [1.54, 1.807) is 72.8 Å². The lowest BCUT2D eigenvalue weighted by molar-refractivity contribution is 0.1000. The molecular formula is C36H24N2O7. The third-order valence-electron chi connectivity index (χ3n) is 7.15. The summed E-state index contributed by atoms with van der Waals surface area (Å²) >= 11 is 0. The van der Waals surface area contributed by atoms with Gasteiger partial charge in [-0.1, -0.05) is 70.0 Å². The molecule has 0 bridgehead atoms. The lowest BCUT2D eigenvalue weighted by Gasteiger charge is -2.08. The fraction of sp³-hybridized carbons (Fsp3) is 0.0556. The molecule has 2 aromatic heterocycles. The number of ether oxygens (including phenoxy) is 1. The monoisotopic (exact) mass is 596 g/mol. The van der Waals surface area contributed by atoms with E-state index in [1.807, 2.05) is 38.1 Å². The number of ketones is 4. The minimum Gasteiger partial charge on any atom is -0.457 e. The van der Waals surface area contributed by atoms with Crippen molar-refractivity contribution < 1.29 is 33.0 Å². The van der Waals surface area contributed by atoms with Crippen molar-refractivity contribution in [2.24, 2.45) is 0 Å². The number of aromatic nitrogens is 2. The average molecular weight is 597 g/mol. The van der Waals surface area contributed by atoms with Crippen LogP contribution in [0.5, 0.6) is 11.5 Å². The molecule has 6 rings (SSSR count). The Bertz CT molecular complexity index is 1890. The molecule has 0 saturated carbocycles. The Morgan fingerprint density at radius 3 is 1.13 bits per heavy atom. The number of carbonyl (C=O) groups is 4. The van der Waals surface area contributed by atoms with Gasteiger partial charge < -0.3 is 13.8 Å². The first-order valence-electron chi connectivity index (χ1n) is 13.9. The minimum atomic E-state index is -0.421. The van der Waals surface area contributed by atoms with E-state index in [2.05, 4.69) is 10.3 Å². The molecular weight excluding hydrogens is 572 g/mol. The maximum Gasteiger partial charge on any atom is 0.215 e. The molecule has 9 heteroatoms. The van der Waals surface area contributed by atoms with Crippen LogP contribution in [-0.4, -0.2) is 33.4 Å². The molecule has 0 fully saturated rings. The molecule has 220 valence electrons. The van der Waals surface area contributed by atoms with Gasteiger partial charge in [0.2, 0.25) is 11.6 Å². The summed E-state index contributed by atoms with van der Waals surface area (Å²) in [5.74, 6) is -0.779. The first kappa shape index (κ1) is 28.9. The predicted octanol–water partition coefficient (Wildman–Crippen LogP) is 7.00. The van der Waals surface area contributed by atoms with Crippen LogP contribution in [0.2, 0.25) is 0 Å². The van der Waals surface area contributed by atoms with Gasteiger partial charge in [-0.2, -0.15) is 0 Å². The maximum atomic E-state index is 13.2. The smallest absolute Gasteiger partial charge is 0.215 e. The van der Waals surface area contributed by atoms with E-state index in [-0.39, 0.29) is 22.5 Å². The van der Waals surface area contributed by atoms with Crippen molar-refractivity contribution in [3.8, 4) is 11.5 Å². The average Bonchev–Trinajstić information content (AvgIpc) is 3.76. The Kier molecular flexibility index (Phi) is 7.82. The second kappa shape index (κ2) is 12.2. The second-order valence-corrected chi connectivity index (χ2v) is 10.4. The van der Waals surface area contributed by atoms with Crippen LogP contribution >= 0.6 is 0 Å². The van der Waals surface area contributed by atoms with Crippen molar-refractivity contribution in [2.75, 3.05) is 0 Å². The minimum absolute atomic E-state index is 0.0587. The molecule has 0 radical (unpaired) electrons. The van der Waals surface area contributed by atoms with E-state index in [4.69, 9.17) is 13.8 Å². The summed E-state index contributed by atoms with van der Waals surface area (Å²) in [5, 5.41) is 7.56. The van der Waals surface area contributed by atoms with Gasteiger partial charge in [0.15, 0.2) is 23.0 Å². The van der Waals surface area contributed by atoms with Crippen LogP contribution in [0.15, 0.2) is 119 Å². The molecule has 0 aliphatic rings. The summed E-state index contributed by atoms with van der Waals surface area (Å²) in [4.78, 5) is 52.3. The van der Waals surface area contributed by atoms with Gasteiger partial charge in [0.1, 0.15) is 24.0 Å². The van der Waals surface area contributed by atoms with Gasteiger partial charge in [-0.25, -0.2) is 0 Å². The van der Waals surface area contributed by atoms with Crippen LogP contribution < -0.4 is 4.74 Å². The Morgan fingerprint density at radius 1 is 0.467 bits per heavy atom. The van der Waals surface area contributed by atoms with Crippen LogP contribution in [0.25, 0.3) is 0 Å². The summed E-state index contributed by atoms with van der Waals surface area (Å²) in [5.41, 5.74) is 3.44. The van der Waals surface area contributed by atoms with Crippen LogP contribution in [-0.2, 0) is 0 Å². The molecule has 45 heavy (non-hydrogen) atoms. The number of rotatable bonds is 10. The molecule has 2 heterocycles. The molecule has 0 saturated heterocycles. The van der Waals surface area contributed by atoms with Gasteiger partial charge >= 0.3 is 0 Å². The lowest BCUT2D eigenvalue weighted by atomic mass is 9.99. The quantitative estimate of drug-likeness (QED) is 0.154. The summed E-state index contributed by atoms with van der Waals surface area (Å²) in [6.45, 7) is 3.83. The van der Waals surface area contributed by atoms with E-state index >= 15 is 0 Å². The van der Waals surface area contributed by atoms with Gasteiger partial charge in [-0.15, -0.1) is 0 Å². The number of aryl methyl sites for hydroxylation is 2. The third-order valence-corrected chi connectivity index (χ3v) is 7.15. The van der Waals surface area contributed by atoms with E-state index in [1.165, 1.54) is 0 Å². The van der Waals surface area contributed by atoms with Crippen molar-refractivity contribution in [3.63, 3.8) is 0 Å². The fourth-order valence-electron chi connectivity index (χ4n) is 4.60. The zero-order valence-electron chi connectivity index (χ0n) is 24.1. The van der Waals surface area contributed by atoms with E-state index in [0.29, 0.717) is 33.8 Å². The van der Waals surface area contributed by atoms with Gasteiger partial charge in [-0.05, 0) is 62.4 Å². The molecule has 0 aliphatic heterocycles. The van der Waals surface area contributed by atoms with E-state index in [9.17, 15) is 19.2 Å². The molecule has 9 nitrogen and oxygen atoms in total. The van der Waals surface area contributed by atoms with Crippen molar-refractivity contribution >= 4 is 23.1 Å². The Balaban J connectivity index is 1.13. The molecule has 0 amide bonds. The van der Waals surface area contributed by atoms with E-state index < -0.39 is 23.1 Å². The second-order valence-electron chi connectivity index (χ2n) is 10.4. The maximum absolute atomic E-state index is 13.2. The molecule has 6 aromatic rings. The SMILES string of the molecule is Cc1ccc(C(=O)c2nocc2C(=O)c2ccc(Oc3ccc(C(=O)c4conc4C(=O)c4ccc(C)cc4)cc3)cc2)cc1. The van der Waals surface area contributed by atoms with Gasteiger partial charge in [0, 0.05) is 22.3 Å². The van der Waals surface area contributed by atoms with Crippen LogP contribution in [0.3, 0.4) is 0 Å². The van der Waals surface area contributed by atoms with Crippen molar-refractivity contribution in [2.45, 2.75) is 13.8 Å². The summed E-state index contributed by atoms with van der Waals surface area (Å²) in [6.07, 6.45) is 2.33. The van der Waals surface area contributed by atoms with Gasteiger partial charge in [-0.3, -0.25) is 19.2 Å². The van der Waals surface area contributed by atoms with Crippen molar-refractivity contribution in [1.82, 2.24) is 10.3 Å². The van der Waals surface area contributed by atoms with E-state index in [0.717, 1.165) is 23.7 Å². The zero-order chi connectivity index (χ0) is 31.5. The van der Waals surface area contributed by atoms with Crippen molar-refractivity contribution in [1.29, 1.82) is 0 Å². The first-order valence-corrected chi connectivity index (χ1v) is 13.9. The summed E-state index contributed by atoms with van der Waals surface area (Å²) in [7, 11) is 0. The highest BCUT2D eigenvalue weighted by Crippen LogP contribution is 2.25. The lowest BCUT2D eigenvalue weighted by Crippen LogP contribution is -2.10. The molecule has 0 atom stereocenters. The van der Waals surface area contributed by atoms with Gasteiger partial charge in [0.25, 0.3) is 0 Å². The molecule has 0 aliphatic carbocycles. The number of carbonyl (C=O) groups excluding carboxylic acids is 4. The Morgan fingerprint density at radius 2 is 0.778 bits per heavy atom. The molecule has 0 N–H and O–H groups in total. The molecule has 0 unspecified atom stereocenters. The van der Waals surface area contributed by atoms with Crippen LogP contribution in [0.4, 0.5) is 0 Å². The standard InChI is InChI=1S/C36H24N2O7/c1-21-3-7-25(8-4-21)35(41)31-29(19-43-37-31)33(39)23-11-15-27(16-12-23)45-28-17-13-24(14-18-28)34(40)30-20-44-38-32(30)36(42)26-9-5-22(2)6-10-26/h3-20H,1-2H3. The fourth-order valence-corrected chi connectivity index (χ4v) is 4.60. The molecule has 0 spiro atoms. The number of hydrogen-bond acceptors (Lipinski definition) is 9. The molecule has 4 aromatic carbocycles. The summed E-state index contributed by atoms with van der Waals surface area (Å²) in [6, 6.07) is 26.7. The predicted molar refractivity (Wildman–Crippen MR) is 162 cm³/mol. The van der Waals surface area contributed by atoms with Gasteiger partial charge in [0.05, 0.1) is 11.1 Å². The highest BCUT2D eigenvalue weighted by molar-refractivity contribution is 6.19. The highest BCUT2D eigenvalue weighted by atomic mass is 16.5.